The largest absolute Gasteiger partial charge is 0.352 e. The molecule has 1 N–H and O–H groups in total. The topological polar surface area (TPSA) is 49.4 Å². The van der Waals surface area contributed by atoms with Crippen molar-refractivity contribution < 1.29 is 9.59 Å². The Labute approximate surface area is 98.5 Å². The van der Waals surface area contributed by atoms with Gasteiger partial charge in [-0.3, -0.25) is 9.59 Å². The fraction of sp³-hybridized carbons (Fsp3) is 0.800. The van der Waals surface area contributed by atoms with Gasteiger partial charge in [-0.25, -0.2) is 0 Å². The van der Waals surface area contributed by atoms with Crippen LogP contribution in [0.25, 0.3) is 0 Å². The van der Waals surface area contributed by atoms with E-state index < -0.39 is 5.54 Å². The van der Waals surface area contributed by atoms with Crippen LogP contribution in [0.1, 0.15) is 27.2 Å². The number of halogens is 1. The number of rotatable bonds is 2. The summed E-state index contributed by atoms with van der Waals surface area (Å²) in [6.45, 7) is 6.61. The maximum atomic E-state index is 12.0. The molecule has 0 aromatic heterocycles. The molecule has 0 spiro atoms. The van der Waals surface area contributed by atoms with Gasteiger partial charge < -0.3 is 10.2 Å². The van der Waals surface area contributed by atoms with Gasteiger partial charge in [0.2, 0.25) is 11.8 Å². The van der Waals surface area contributed by atoms with Crippen LogP contribution in [0.4, 0.5) is 0 Å². The van der Waals surface area contributed by atoms with Gasteiger partial charge >= 0.3 is 0 Å². The molecule has 1 heterocycles. The first kappa shape index (κ1) is 12.5. The number of piperazine rings is 1. The molecule has 2 amide bonds. The number of carbonyl (C=O) groups excluding carboxylic acids is 2. The van der Waals surface area contributed by atoms with Gasteiger partial charge in [-0.2, -0.15) is 0 Å². The minimum absolute atomic E-state index is 0.00245. The Balaban J connectivity index is 2.84. The van der Waals surface area contributed by atoms with Gasteiger partial charge in [0.1, 0.15) is 5.54 Å². The van der Waals surface area contributed by atoms with E-state index in [1.54, 1.807) is 18.7 Å². The lowest BCUT2D eigenvalue weighted by Crippen LogP contribution is -2.64. The Bertz CT molecular complexity index is 279. The molecule has 0 aliphatic carbocycles. The second-order valence-corrected chi connectivity index (χ2v) is 5.29. The summed E-state index contributed by atoms with van der Waals surface area (Å²) in [7, 11) is 0. The van der Waals surface area contributed by atoms with Gasteiger partial charge in [0, 0.05) is 13.1 Å². The predicted octanol–water partition coefficient (Wildman–Crippen LogP) is 0.897. The van der Waals surface area contributed by atoms with Crippen molar-refractivity contribution >= 4 is 27.7 Å². The molecule has 0 radical (unpaired) electrons. The van der Waals surface area contributed by atoms with Crippen molar-refractivity contribution in [2.75, 3.05) is 13.1 Å². The second kappa shape index (κ2) is 4.51. The zero-order chi connectivity index (χ0) is 11.6. The van der Waals surface area contributed by atoms with E-state index in [0.717, 1.165) is 6.42 Å². The Morgan fingerprint density at radius 1 is 1.67 bits per heavy atom. The maximum Gasteiger partial charge on any atom is 0.245 e. The lowest BCUT2D eigenvalue weighted by molar-refractivity contribution is -0.148. The summed E-state index contributed by atoms with van der Waals surface area (Å²) in [6, 6.07) is 0. The van der Waals surface area contributed by atoms with Crippen molar-refractivity contribution in [1.29, 1.82) is 0 Å². The Hall–Kier alpha value is -0.580. The van der Waals surface area contributed by atoms with Gasteiger partial charge in [0.05, 0.1) is 4.83 Å². The third kappa shape index (κ3) is 2.33. The van der Waals surface area contributed by atoms with Crippen molar-refractivity contribution in [3.63, 3.8) is 0 Å². The van der Waals surface area contributed by atoms with Crippen molar-refractivity contribution in [3.8, 4) is 0 Å². The van der Waals surface area contributed by atoms with Gasteiger partial charge in [0.15, 0.2) is 0 Å². The first-order valence-electron chi connectivity index (χ1n) is 5.15. The van der Waals surface area contributed by atoms with Crippen LogP contribution in [0.5, 0.6) is 0 Å². The summed E-state index contributed by atoms with van der Waals surface area (Å²) in [5.41, 5.74) is -0.740. The van der Waals surface area contributed by atoms with Crippen LogP contribution in [0.3, 0.4) is 0 Å². The van der Waals surface area contributed by atoms with E-state index in [9.17, 15) is 9.59 Å². The Morgan fingerprint density at radius 3 is 2.80 bits per heavy atom. The Kier molecular flexibility index (Phi) is 3.76. The molecule has 1 aliphatic heterocycles. The fourth-order valence-corrected chi connectivity index (χ4v) is 1.88. The third-order valence-corrected chi connectivity index (χ3v) is 3.78. The average Bonchev–Trinajstić information content (AvgIpc) is 2.20. The van der Waals surface area contributed by atoms with Crippen LogP contribution in [-0.4, -0.2) is 40.2 Å². The molecule has 0 saturated carbocycles. The smallest absolute Gasteiger partial charge is 0.245 e. The molecule has 4 nitrogen and oxygen atoms in total. The van der Waals surface area contributed by atoms with Gasteiger partial charge in [0.25, 0.3) is 0 Å². The summed E-state index contributed by atoms with van der Waals surface area (Å²) >= 11 is 3.33. The van der Waals surface area contributed by atoms with E-state index in [2.05, 4.69) is 21.2 Å². The Morgan fingerprint density at radius 2 is 2.27 bits per heavy atom. The van der Waals surface area contributed by atoms with Crippen molar-refractivity contribution in [2.24, 2.45) is 0 Å². The van der Waals surface area contributed by atoms with Crippen molar-refractivity contribution in [2.45, 2.75) is 37.6 Å². The van der Waals surface area contributed by atoms with Crippen LogP contribution >= 0.6 is 15.9 Å². The highest BCUT2D eigenvalue weighted by Gasteiger charge is 2.41. The number of carbonyl (C=O) groups is 2. The summed E-state index contributed by atoms with van der Waals surface area (Å²) in [6.07, 6.45) is 0.729. The van der Waals surface area contributed by atoms with Crippen LogP contribution in [0, 0.1) is 0 Å². The standard InChI is InChI=1S/C10H17BrN2O2/c1-4-7(11)8(14)13-6-5-12-9(15)10(13,2)3/h7H,4-6H2,1-3H3,(H,12,15). The minimum atomic E-state index is -0.740. The van der Waals surface area contributed by atoms with E-state index in [0.29, 0.717) is 13.1 Å². The van der Waals surface area contributed by atoms with E-state index in [-0.39, 0.29) is 16.6 Å². The molecule has 5 heteroatoms. The zero-order valence-electron chi connectivity index (χ0n) is 9.34. The second-order valence-electron chi connectivity index (χ2n) is 4.18. The fourth-order valence-electron chi connectivity index (χ4n) is 1.63. The molecule has 15 heavy (non-hydrogen) atoms. The van der Waals surface area contributed by atoms with Crippen LogP contribution in [-0.2, 0) is 9.59 Å². The van der Waals surface area contributed by atoms with Crippen molar-refractivity contribution in [3.05, 3.63) is 0 Å². The number of hydrogen-bond donors (Lipinski definition) is 1. The lowest BCUT2D eigenvalue weighted by atomic mass is 9.98. The van der Waals surface area contributed by atoms with E-state index in [4.69, 9.17) is 0 Å². The third-order valence-electron chi connectivity index (χ3n) is 2.74. The molecule has 0 aromatic rings. The van der Waals surface area contributed by atoms with E-state index >= 15 is 0 Å². The molecular formula is C10H17BrN2O2. The molecule has 1 saturated heterocycles. The SMILES string of the molecule is CCC(Br)C(=O)N1CCNC(=O)C1(C)C. The summed E-state index contributed by atoms with van der Waals surface area (Å²) < 4.78 is 0. The molecular weight excluding hydrogens is 260 g/mol. The molecule has 1 unspecified atom stereocenters. The van der Waals surface area contributed by atoms with Crippen LogP contribution in [0.2, 0.25) is 0 Å². The summed E-state index contributed by atoms with van der Waals surface area (Å²) in [4.78, 5) is 25.1. The first-order valence-corrected chi connectivity index (χ1v) is 6.06. The molecule has 86 valence electrons. The molecule has 0 bridgehead atoms. The molecule has 1 atom stereocenters. The predicted molar refractivity (Wildman–Crippen MR) is 61.8 cm³/mol. The highest BCUT2D eigenvalue weighted by atomic mass is 79.9. The molecule has 1 aliphatic rings. The number of nitrogens with one attached hydrogen (secondary N) is 1. The highest BCUT2D eigenvalue weighted by molar-refractivity contribution is 9.10. The van der Waals surface area contributed by atoms with Crippen molar-refractivity contribution in [1.82, 2.24) is 10.2 Å². The zero-order valence-corrected chi connectivity index (χ0v) is 10.9. The molecule has 1 rings (SSSR count). The lowest BCUT2D eigenvalue weighted by Gasteiger charge is -2.42. The van der Waals surface area contributed by atoms with Gasteiger partial charge in [-0.1, -0.05) is 22.9 Å². The first-order chi connectivity index (χ1) is 6.91. The molecule has 0 aromatic carbocycles. The normalized spacial score (nSPS) is 22.1. The highest BCUT2D eigenvalue weighted by Crippen LogP contribution is 2.21. The monoisotopic (exact) mass is 276 g/mol. The van der Waals surface area contributed by atoms with Crippen LogP contribution in [0.15, 0.2) is 0 Å². The number of hydrogen-bond acceptors (Lipinski definition) is 2. The quantitative estimate of drug-likeness (QED) is 0.762. The number of amides is 2. The summed E-state index contributed by atoms with van der Waals surface area (Å²) in [5.74, 6) is -0.0877. The number of nitrogens with zero attached hydrogens (tertiary/aromatic N) is 1. The van der Waals surface area contributed by atoms with Crippen LogP contribution < -0.4 is 5.32 Å². The van der Waals surface area contributed by atoms with Gasteiger partial charge in [-0.15, -0.1) is 0 Å². The molecule has 1 fully saturated rings. The summed E-state index contributed by atoms with van der Waals surface area (Å²) in [5, 5.41) is 2.77. The maximum absolute atomic E-state index is 12.0. The van der Waals surface area contributed by atoms with E-state index in [1.165, 1.54) is 0 Å². The average molecular weight is 277 g/mol. The minimum Gasteiger partial charge on any atom is -0.352 e. The number of alkyl halides is 1. The van der Waals surface area contributed by atoms with E-state index in [1.807, 2.05) is 6.92 Å². The van der Waals surface area contributed by atoms with Gasteiger partial charge in [-0.05, 0) is 20.3 Å².